The molecule has 0 radical (unpaired) electrons. The molecule has 0 spiro atoms. The van der Waals surface area contributed by atoms with E-state index >= 15 is 0 Å². The summed E-state index contributed by atoms with van der Waals surface area (Å²) in [6, 6.07) is 0.885. The first-order valence-electron chi connectivity index (χ1n) is 5.75. The van der Waals surface area contributed by atoms with Gasteiger partial charge in [0.25, 0.3) is 0 Å². The lowest BCUT2D eigenvalue weighted by atomic mass is 10.1. The fourth-order valence-electron chi connectivity index (χ4n) is 1.79. The number of hydrogen-bond acceptors (Lipinski definition) is 3. The summed E-state index contributed by atoms with van der Waals surface area (Å²) in [5.41, 5.74) is 5.65. The second-order valence-corrected chi connectivity index (χ2v) is 4.72. The van der Waals surface area contributed by atoms with Crippen molar-refractivity contribution in [2.75, 3.05) is 19.7 Å². The summed E-state index contributed by atoms with van der Waals surface area (Å²) in [6.45, 7) is 6.34. The molecule has 1 saturated carbocycles. The topological polar surface area (TPSA) is 49.5 Å². The van der Waals surface area contributed by atoms with Gasteiger partial charge in [-0.15, -0.1) is 0 Å². The SMILES string of the molecule is CC(C)CCN(C(CN)CO)C1CC1. The van der Waals surface area contributed by atoms with E-state index in [-0.39, 0.29) is 12.6 Å². The monoisotopic (exact) mass is 200 g/mol. The Bertz CT molecular complexity index is 153. The van der Waals surface area contributed by atoms with Crippen LogP contribution in [-0.2, 0) is 0 Å². The second kappa shape index (κ2) is 5.69. The molecule has 1 fully saturated rings. The third-order valence-electron chi connectivity index (χ3n) is 2.93. The lowest BCUT2D eigenvalue weighted by molar-refractivity contribution is 0.115. The summed E-state index contributed by atoms with van der Waals surface area (Å²) < 4.78 is 0. The quantitative estimate of drug-likeness (QED) is 0.639. The average molecular weight is 200 g/mol. The zero-order valence-electron chi connectivity index (χ0n) is 9.45. The molecule has 0 aromatic rings. The Morgan fingerprint density at radius 3 is 2.43 bits per heavy atom. The minimum atomic E-state index is 0.182. The van der Waals surface area contributed by atoms with Crippen molar-refractivity contribution in [3.05, 3.63) is 0 Å². The first kappa shape index (κ1) is 12.0. The normalized spacial score (nSPS) is 19.3. The second-order valence-electron chi connectivity index (χ2n) is 4.72. The molecule has 3 heteroatoms. The van der Waals surface area contributed by atoms with E-state index < -0.39 is 0 Å². The summed E-state index contributed by atoms with van der Waals surface area (Å²) in [6.07, 6.45) is 3.77. The van der Waals surface area contributed by atoms with Crippen molar-refractivity contribution in [3.63, 3.8) is 0 Å². The maximum atomic E-state index is 9.22. The van der Waals surface area contributed by atoms with Crippen LogP contribution in [0.3, 0.4) is 0 Å². The highest BCUT2D eigenvalue weighted by Crippen LogP contribution is 2.28. The van der Waals surface area contributed by atoms with E-state index in [1.54, 1.807) is 0 Å². The number of aliphatic hydroxyl groups excluding tert-OH is 1. The van der Waals surface area contributed by atoms with Gasteiger partial charge in [0.15, 0.2) is 0 Å². The molecule has 1 rings (SSSR count). The maximum absolute atomic E-state index is 9.22. The van der Waals surface area contributed by atoms with E-state index in [4.69, 9.17) is 5.73 Å². The van der Waals surface area contributed by atoms with Crippen molar-refractivity contribution in [2.24, 2.45) is 11.7 Å². The van der Waals surface area contributed by atoms with Crippen molar-refractivity contribution in [1.82, 2.24) is 4.90 Å². The smallest absolute Gasteiger partial charge is 0.0599 e. The van der Waals surface area contributed by atoms with E-state index in [0.29, 0.717) is 12.6 Å². The molecule has 1 aliphatic carbocycles. The highest BCUT2D eigenvalue weighted by atomic mass is 16.3. The van der Waals surface area contributed by atoms with Gasteiger partial charge in [0.2, 0.25) is 0 Å². The maximum Gasteiger partial charge on any atom is 0.0599 e. The summed E-state index contributed by atoms with van der Waals surface area (Å²) in [7, 11) is 0. The van der Waals surface area contributed by atoms with E-state index in [1.165, 1.54) is 19.3 Å². The molecular formula is C11H24N2O. The van der Waals surface area contributed by atoms with Crippen LogP contribution in [0.5, 0.6) is 0 Å². The van der Waals surface area contributed by atoms with Crippen LogP contribution >= 0.6 is 0 Å². The Balaban J connectivity index is 2.37. The Hall–Kier alpha value is -0.120. The summed E-state index contributed by atoms with van der Waals surface area (Å²) in [5.74, 6) is 0.730. The van der Waals surface area contributed by atoms with Gasteiger partial charge in [-0.05, 0) is 31.7 Å². The first-order chi connectivity index (χ1) is 6.69. The summed E-state index contributed by atoms with van der Waals surface area (Å²) >= 11 is 0. The van der Waals surface area contributed by atoms with Crippen molar-refractivity contribution < 1.29 is 5.11 Å². The van der Waals surface area contributed by atoms with E-state index in [2.05, 4.69) is 18.7 Å². The molecule has 1 atom stereocenters. The molecule has 0 bridgehead atoms. The van der Waals surface area contributed by atoms with Gasteiger partial charge in [0.05, 0.1) is 6.61 Å². The van der Waals surface area contributed by atoms with Gasteiger partial charge in [-0.3, -0.25) is 4.90 Å². The van der Waals surface area contributed by atoms with Gasteiger partial charge in [-0.2, -0.15) is 0 Å². The standard InChI is InChI=1S/C11H24N2O/c1-9(2)5-6-13(10-3-4-10)11(7-12)8-14/h9-11,14H,3-8,12H2,1-2H3. The Labute approximate surface area is 87.3 Å². The zero-order valence-corrected chi connectivity index (χ0v) is 9.45. The molecule has 0 heterocycles. The van der Waals surface area contributed by atoms with Gasteiger partial charge in [-0.25, -0.2) is 0 Å². The number of hydrogen-bond donors (Lipinski definition) is 2. The van der Waals surface area contributed by atoms with Gasteiger partial charge in [0, 0.05) is 18.6 Å². The Morgan fingerprint density at radius 2 is 2.07 bits per heavy atom. The molecule has 84 valence electrons. The van der Waals surface area contributed by atoms with E-state index in [1.807, 2.05) is 0 Å². The van der Waals surface area contributed by atoms with Crippen LogP contribution in [0.2, 0.25) is 0 Å². The predicted octanol–water partition coefficient (Wildman–Crippen LogP) is 0.817. The molecule has 1 unspecified atom stereocenters. The minimum absolute atomic E-state index is 0.182. The molecule has 3 nitrogen and oxygen atoms in total. The largest absolute Gasteiger partial charge is 0.395 e. The van der Waals surface area contributed by atoms with Crippen LogP contribution in [0.4, 0.5) is 0 Å². The van der Waals surface area contributed by atoms with Crippen molar-refractivity contribution >= 4 is 0 Å². The lowest BCUT2D eigenvalue weighted by Crippen LogP contribution is -2.45. The van der Waals surface area contributed by atoms with Gasteiger partial charge in [0.1, 0.15) is 0 Å². The zero-order chi connectivity index (χ0) is 10.6. The Morgan fingerprint density at radius 1 is 1.43 bits per heavy atom. The molecular weight excluding hydrogens is 176 g/mol. The molecule has 0 aromatic carbocycles. The van der Waals surface area contributed by atoms with Crippen LogP contribution in [0.25, 0.3) is 0 Å². The molecule has 0 amide bonds. The van der Waals surface area contributed by atoms with Crippen LogP contribution < -0.4 is 5.73 Å². The van der Waals surface area contributed by atoms with Crippen LogP contribution in [0.1, 0.15) is 33.1 Å². The third kappa shape index (κ3) is 3.56. The number of nitrogens with zero attached hydrogens (tertiary/aromatic N) is 1. The fraction of sp³-hybridized carbons (Fsp3) is 1.00. The molecule has 0 saturated heterocycles. The van der Waals surface area contributed by atoms with Gasteiger partial charge >= 0.3 is 0 Å². The highest BCUT2D eigenvalue weighted by Gasteiger charge is 2.32. The van der Waals surface area contributed by atoms with Crippen LogP contribution in [0.15, 0.2) is 0 Å². The fourth-order valence-corrected chi connectivity index (χ4v) is 1.79. The minimum Gasteiger partial charge on any atom is -0.395 e. The lowest BCUT2D eigenvalue weighted by Gasteiger charge is -2.30. The van der Waals surface area contributed by atoms with Crippen molar-refractivity contribution in [3.8, 4) is 0 Å². The summed E-state index contributed by atoms with van der Waals surface area (Å²) in [5, 5.41) is 9.22. The van der Waals surface area contributed by atoms with Gasteiger partial charge < -0.3 is 10.8 Å². The van der Waals surface area contributed by atoms with E-state index in [9.17, 15) is 5.11 Å². The highest BCUT2D eigenvalue weighted by molar-refractivity contribution is 4.89. The first-order valence-corrected chi connectivity index (χ1v) is 5.75. The Kier molecular flexibility index (Phi) is 4.85. The number of rotatable bonds is 7. The number of aliphatic hydroxyl groups is 1. The molecule has 14 heavy (non-hydrogen) atoms. The third-order valence-corrected chi connectivity index (χ3v) is 2.93. The van der Waals surface area contributed by atoms with Crippen molar-refractivity contribution in [1.29, 1.82) is 0 Å². The molecule has 1 aliphatic rings. The van der Waals surface area contributed by atoms with Crippen molar-refractivity contribution in [2.45, 2.75) is 45.2 Å². The van der Waals surface area contributed by atoms with Crippen LogP contribution in [-0.4, -0.2) is 41.8 Å². The molecule has 0 aromatic heterocycles. The molecule has 3 N–H and O–H groups in total. The van der Waals surface area contributed by atoms with Gasteiger partial charge in [-0.1, -0.05) is 13.8 Å². The predicted molar refractivity (Wildman–Crippen MR) is 59.1 cm³/mol. The molecule has 0 aliphatic heterocycles. The average Bonchev–Trinajstić information content (AvgIpc) is 2.95. The van der Waals surface area contributed by atoms with Crippen LogP contribution in [0, 0.1) is 5.92 Å². The summed E-state index contributed by atoms with van der Waals surface area (Å²) in [4.78, 5) is 2.40. The number of nitrogens with two attached hydrogens (primary N) is 1. The van der Waals surface area contributed by atoms with E-state index in [0.717, 1.165) is 12.5 Å².